The molecule has 0 amide bonds. The molecule has 7 rings (SSSR count). The number of esters is 3. The summed E-state index contributed by atoms with van der Waals surface area (Å²) in [6.45, 7) is 15.1. The second kappa shape index (κ2) is 8.68. The molecule has 0 aromatic rings. The summed E-state index contributed by atoms with van der Waals surface area (Å²) in [7, 11) is 0. The summed E-state index contributed by atoms with van der Waals surface area (Å²) in [4.78, 5) is 54.2. The van der Waals surface area contributed by atoms with Gasteiger partial charge in [0.2, 0.25) is 0 Å². The number of ketones is 1. The maximum atomic E-state index is 14.7. The summed E-state index contributed by atoms with van der Waals surface area (Å²) in [6.07, 6.45) is 6.82. The van der Waals surface area contributed by atoms with Crippen molar-refractivity contribution < 1.29 is 38.5 Å². The fourth-order valence-corrected chi connectivity index (χ4v) is 10.5. The van der Waals surface area contributed by atoms with Gasteiger partial charge in [0.25, 0.3) is 0 Å². The van der Waals surface area contributed by atoms with Crippen LogP contribution in [0.25, 0.3) is 0 Å². The SMILES string of the molecule is C=C1C(=O)O[C@@H]2[C@@H]3[C@@]4(C=C[C@@]3(C)[C@@]3(C4)C(=O)O[C@@H]4[C@H]5C(C)=CC(=O)C5=C(C)C[C@H](OC(=O)/C(C)=C/C)[C@H]43)[C@](C)(O)CC[C@@H]12. The Balaban J connectivity index is 1.44. The number of aliphatic hydroxyl groups is 1. The highest BCUT2D eigenvalue weighted by atomic mass is 16.6. The number of hydrogen-bond acceptors (Lipinski definition) is 8. The largest absolute Gasteiger partial charge is 0.460 e. The van der Waals surface area contributed by atoms with Crippen molar-refractivity contribution in [3.8, 4) is 0 Å². The van der Waals surface area contributed by atoms with E-state index in [-0.39, 0.29) is 24.5 Å². The zero-order valence-electron chi connectivity index (χ0n) is 25.7. The first-order valence-corrected chi connectivity index (χ1v) is 15.4. The molecule has 0 aromatic heterocycles. The van der Waals surface area contributed by atoms with Gasteiger partial charge in [-0.15, -0.1) is 0 Å². The summed E-state index contributed by atoms with van der Waals surface area (Å²) < 4.78 is 18.8. The Morgan fingerprint density at radius 1 is 1.14 bits per heavy atom. The molecule has 8 nitrogen and oxygen atoms in total. The summed E-state index contributed by atoms with van der Waals surface area (Å²) in [6, 6.07) is 0. The Hall–Kier alpha value is -3.26. The highest BCUT2D eigenvalue weighted by Gasteiger charge is 2.84. The van der Waals surface area contributed by atoms with Crippen LogP contribution >= 0.6 is 0 Å². The number of ether oxygens (including phenoxy) is 3. The predicted molar refractivity (Wildman–Crippen MR) is 155 cm³/mol. The van der Waals surface area contributed by atoms with Gasteiger partial charge < -0.3 is 19.3 Å². The molecule has 1 spiro atoms. The monoisotopic (exact) mass is 588 g/mol. The van der Waals surface area contributed by atoms with Crippen molar-refractivity contribution in [3.05, 3.63) is 58.7 Å². The molecule has 4 fully saturated rings. The first-order valence-electron chi connectivity index (χ1n) is 15.4. The minimum atomic E-state index is -1.22. The van der Waals surface area contributed by atoms with Crippen molar-refractivity contribution in [2.75, 3.05) is 0 Å². The van der Waals surface area contributed by atoms with Crippen LogP contribution in [0, 0.1) is 39.9 Å². The fourth-order valence-electron chi connectivity index (χ4n) is 10.5. The molecule has 2 heterocycles. The van der Waals surface area contributed by atoms with Gasteiger partial charge in [-0.05, 0) is 60.0 Å². The minimum Gasteiger partial charge on any atom is -0.460 e. The maximum Gasteiger partial charge on any atom is 0.334 e. The van der Waals surface area contributed by atoms with Gasteiger partial charge in [-0.25, -0.2) is 9.59 Å². The van der Waals surface area contributed by atoms with E-state index < -0.39 is 75.8 Å². The lowest BCUT2D eigenvalue weighted by Crippen LogP contribution is -2.53. The second-order valence-electron chi connectivity index (χ2n) is 14.5. The molecule has 11 atom stereocenters. The summed E-state index contributed by atoms with van der Waals surface area (Å²) in [5.74, 6) is -3.18. The Labute approximate surface area is 251 Å². The zero-order valence-corrected chi connectivity index (χ0v) is 25.7. The number of allylic oxidation sites excluding steroid dienone is 3. The number of rotatable bonds is 2. The summed E-state index contributed by atoms with van der Waals surface area (Å²) in [5, 5.41) is 12.3. The number of carbonyl (C=O) groups excluding carboxylic acids is 4. The molecule has 2 saturated carbocycles. The smallest absolute Gasteiger partial charge is 0.334 e. The van der Waals surface area contributed by atoms with Crippen LogP contribution in [-0.2, 0) is 33.4 Å². The molecular formula is C35H40O8. The fraction of sp³-hybridized carbons (Fsp3) is 0.600. The quantitative estimate of drug-likeness (QED) is 0.217. The molecule has 0 radical (unpaired) electrons. The molecule has 43 heavy (non-hydrogen) atoms. The lowest BCUT2D eigenvalue weighted by atomic mass is 9.54. The molecule has 228 valence electrons. The molecule has 2 bridgehead atoms. The molecule has 7 aliphatic rings. The van der Waals surface area contributed by atoms with Gasteiger partial charge in [-0.1, -0.05) is 42.9 Å². The van der Waals surface area contributed by atoms with E-state index in [0.29, 0.717) is 29.6 Å². The Morgan fingerprint density at radius 3 is 2.56 bits per heavy atom. The third-order valence-electron chi connectivity index (χ3n) is 12.7. The van der Waals surface area contributed by atoms with E-state index in [1.165, 1.54) is 0 Å². The number of fused-ring (bicyclic) bond motifs is 6. The van der Waals surface area contributed by atoms with Crippen LogP contribution in [0.1, 0.15) is 67.2 Å². The van der Waals surface area contributed by atoms with Crippen molar-refractivity contribution in [1.29, 1.82) is 0 Å². The molecular weight excluding hydrogens is 548 g/mol. The van der Waals surface area contributed by atoms with Crippen molar-refractivity contribution in [2.45, 2.75) is 91.1 Å². The standard InChI is InChI=1S/C35H40O8/c1-8-16(2)29(37)41-22-14-18(4)23-21(36)13-17(3)24(23)27-25(22)35(31(39)43-27)15-34-12-11-32(35,6)28(34)26-20(9-10-33(34,7)40)19(5)30(38)42-26/h8,11-13,20,22,24-28,40H,5,9-10,14-15H2,1-4,6-7H3/b16-8+/t20-,22-,24-,25+,26-,27+,28-,32+,33+,34-,35+/m0/s1. The van der Waals surface area contributed by atoms with Gasteiger partial charge in [0.05, 0.1) is 16.9 Å². The van der Waals surface area contributed by atoms with Gasteiger partial charge in [0, 0.05) is 51.7 Å². The van der Waals surface area contributed by atoms with Crippen LogP contribution < -0.4 is 0 Å². The van der Waals surface area contributed by atoms with E-state index in [1.807, 2.05) is 39.8 Å². The lowest BCUT2D eigenvalue weighted by molar-refractivity contribution is -0.159. The Morgan fingerprint density at radius 2 is 1.86 bits per heavy atom. The molecule has 5 aliphatic carbocycles. The lowest BCUT2D eigenvalue weighted by Gasteiger charge is -2.46. The summed E-state index contributed by atoms with van der Waals surface area (Å²) >= 11 is 0. The van der Waals surface area contributed by atoms with E-state index in [9.17, 15) is 24.3 Å². The molecule has 2 saturated heterocycles. The normalized spacial score (nSPS) is 47.9. The average molecular weight is 589 g/mol. The van der Waals surface area contributed by atoms with Crippen LogP contribution in [-0.4, -0.2) is 52.7 Å². The number of hydrogen-bond donors (Lipinski definition) is 1. The highest BCUT2D eigenvalue weighted by Crippen LogP contribution is 2.80. The summed E-state index contributed by atoms with van der Waals surface area (Å²) in [5.41, 5.74) is -1.13. The highest BCUT2D eigenvalue weighted by molar-refractivity contribution is 6.09. The van der Waals surface area contributed by atoms with Crippen LogP contribution in [0.15, 0.2) is 58.7 Å². The second-order valence-corrected chi connectivity index (χ2v) is 14.5. The predicted octanol–water partition coefficient (Wildman–Crippen LogP) is 4.48. The van der Waals surface area contributed by atoms with Gasteiger partial charge in [-0.3, -0.25) is 9.59 Å². The Bertz CT molecular complexity index is 1540. The zero-order chi connectivity index (χ0) is 31.0. The average Bonchev–Trinajstić information content (AvgIpc) is 3.62. The van der Waals surface area contributed by atoms with Crippen molar-refractivity contribution in [3.63, 3.8) is 0 Å². The maximum absolute atomic E-state index is 14.7. The first kappa shape index (κ1) is 28.5. The van der Waals surface area contributed by atoms with Crippen LogP contribution in [0.5, 0.6) is 0 Å². The third kappa shape index (κ3) is 3.20. The van der Waals surface area contributed by atoms with Crippen molar-refractivity contribution in [2.24, 2.45) is 39.9 Å². The van der Waals surface area contributed by atoms with Crippen molar-refractivity contribution >= 4 is 23.7 Å². The molecule has 8 heteroatoms. The van der Waals surface area contributed by atoms with E-state index in [2.05, 4.69) is 6.58 Å². The van der Waals surface area contributed by atoms with E-state index in [1.54, 1.807) is 26.0 Å². The topological polar surface area (TPSA) is 116 Å². The van der Waals surface area contributed by atoms with Gasteiger partial charge in [-0.2, -0.15) is 0 Å². The van der Waals surface area contributed by atoms with E-state index in [4.69, 9.17) is 14.2 Å². The Kier molecular flexibility index (Phi) is 5.75. The van der Waals surface area contributed by atoms with Gasteiger partial charge in [0.1, 0.15) is 18.3 Å². The van der Waals surface area contributed by atoms with E-state index >= 15 is 0 Å². The number of carbonyl (C=O) groups is 4. The molecule has 2 aliphatic heterocycles. The van der Waals surface area contributed by atoms with Crippen LogP contribution in [0.2, 0.25) is 0 Å². The van der Waals surface area contributed by atoms with Gasteiger partial charge in [0.15, 0.2) is 5.78 Å². The van der Waals surface area contributed by atoms with E-state index in [0.717, 1.165) is 11.1 Å². The minimum absolute atomic E-state index is 0.0997. The van der Waals surface area contributed by atoms with Crippen LogP contribution in [0.4, 0.5) is 0 Å². The van der Waals surface area contributed by atoms with Gasteiger partial charge >= 0.3 is 17.9 Å². The molecule has 1 N–H and O–H groups in total. The molecule has 0 aromatic carbocycles. The third-order valence-corrected chi connectivity index (χ3v) is 12.7. The first-order chi connectivity index (χ1) is 20.1. The van der Waals surface area contributed by atoms with Crippen LogP contribution in [0.3, 0.4) is 0 Å². The molecule has 0 unspecified atom stereocenters. The van der Waals surface area contributed by atoms with Crippen molar-refractivity contribution in [1.82, 2.24) is 0 Å².